The Morgan fingerprint density at radius 1 is 1.07 bits per heavy atom. The summed E-state index contributed by atoms with van der Waals surface area (Å²) in [5.74, 6) is 0.211. The van der Waals surface area contributed by atoms with Gasteiger partial charge in [-0.05, 0) is 70.6 Å². The minimum Gasteiger partial charge on any atom is -0.338 e. The van der Waals surface area contributed by atoms with E-state index in [2.05, 4.69) is 35.9 Å². The summed E-state index contributed by atoms with van der Waals surface area (Å²) < 4.78 is 0. The van der Waals surface area contributed by atoms with E-state index in [1.165, 1.54) is 0 Å². The molecule has 1 aromatic carbocycles. The average molecular weight is 385 g/mol. The Labute approximate surface area is 167 Å². The molecule has 0 unspecified atom stereocenters. The van der Waals surface area contributed by atoms with Crippen molar-refractivity contribution in [2.45, 2.75) is 32.2 Å². The zero-order valence-electron chi connectivity index (χ0n) is 17.3. The van der Waals surface area contributed by atoms with Gasteiger partial charge in [-0.15, -0.1) is 0 Å². The predicted molar refractivity (Wildman–Crippen MR) is 114 cm³/mol. The van der Waals surface area contributed by atoms with Crippen LogP contribution in [0.1, 0.15) is 30.5 Å². The van der Waals surface area contributed by atoms with Crippen molar-refractivity contribution in [1.82, 2.24) is 19.7 Å². The number of H-pyrrole nitrogens is 1. The molecule has 1 aromatic heterocycles. The second-order valence-electron chi connectivity index (χ2n) is 8.09. The van der Waals surface area contributed by atoms with Crippen LogP contribution in [0.25, 0.3) is 10.8 Å². The Morgan fingerprint density at radius 3 is 2.54 bits per heavy atom. The van der Waals surface area contributed by atoms with Crippen LogP contribution >= 0.6 is 0 Å². The molecule has 0 spiro atoms. The van der Waals surface area contributed by atoms with Crippen LogP contribution in [0.4, 0.5) is 0 Å². The maximum Gasteiger partial charge on any atom is 0.256 e. The molecule has 0 radical (unpaired) electrons. The maximum atomic E-state index is 12.7. The minimum absolute atomic E-state index is 0.0357. The summed E-state index contributed by atoms with van der Waals surface area (Å²) in [4.78, 5) is 34.4. The van der Waals surface area contributed by atoms with Crippen molar-refractivity contribution in [3.8, 4) is 0 Å². The molecular formula is C22H32N4O2. The van der Waals surface area contributed by atoms with Gasteiger partial charge in [0.05, 0.1) is 0 Å². The quantitative estimate of drug-likeness (QED) is 0.757. The highest BCUT2D eigenvalue weighted by atomic mass is 16.2. The molecule has 0 aliphatic carbocycles. The van der Waals surface area contributed by atoms with Crippen molar-refractivity contribution in [2.24, 2.45) is 0 Å². The molecule has 2 heterocycles. The highest BCUT2D eigenvalue weighted by Gasteiger charge is 2.23. The third-order valence-electron chi connectivity index (χ3n) is 5.53. The van der Waals surface area contributed by atoms with Crippen molar-refractivity contribution in [3.05, 3.63) is 45.9 Å². The second-order valence-corrected chi connectivity index (χ2v) is 8.09. The molecule has 2 aromatic rings. The summed E-state index contributed by atoms with van der Waals surface area (Å²) in [5, 5.41) is 1.68. The fourth-order valence-electron chi connectivity index (χ4n) is 3.94. The highest BCUT2D eigenvalue weighted by molar-refractivity contribution is 5.86. The average Bonchev–Trinajstić information content (AvgIpc) is 2.67. The molecule has 1 aliphatic heterocycles. The van der Waals surface area contributed by atoms with Crippen LogP contribution in [0.15, 0.2) is 29.1 Å². The monoisotopic (exact) mass is 384 g/mol. The van der Waals surface area contributed by atoms with Crippen LogP contribution in [0, 0.1) is 0 Å². The van der Waals surface area contributed by atoms with Crippen LogP contribution in [0.3, 0.4) is 0 Å². The summed E-state index contributed by atoms with van der Waals surface area (Å²) in [6, 6.07) is 7.67. The van der Waals surface area contributed by atoms with E-state index < -0.39 is 0 Å². The number of pyridine rings is 1. The predicted octanol–water partition coefficient (Wildman–Crippen LogP) is 2.08. The van der Waals surface area contributed by atoms with Crippen LogP contribution in [-0.4, -0.2) is 72.9 Å². The van der Waals surface area contributed by atoms with Gasteiger partial charge < -0.3 is 19.7 Å². The van der Waals surface area contributed by atoms with Gasteiger partial charge in [0, 0.05) is 37.0 Å². The Bertz CT molecular complexity index is 874. The van der Waals surface area contributed by atoms with E-state index in [4.69, 9.17) is 0 Å². The largest absolute Gasteiger partial charge is 0.338 e. The molecule has 6 nitrogen and oxygen atoms in total. The number of carbonyl (C=O) groups excluding carboxylic acids is 1. The van der Waals surface area contributed by atoms with Crippen molar-refractivity contribution in [1.29, 1.82) is 0 Å². The van der Waals surface area contributed by atoms with Crippen molar-refractivity contribution in [2.75, 3.05) is 47.3 Å². The molecule has 1 aliphatic rings. The van der Waals surface area contributed by atoms with Crippen molar-refractivity contribution in [3.63, 3.8) is 0 Å². The third kappa shape index (κ3) is 5.00. The SMILES string of the molecule is CN(C)CCCN(C)CCCC(=O)N1CCc2[nH]c(=O)c3ccccc3c2C1. The van der Waals surface area contributed by atoms with E-state index >= 15 is 0 Å². The molecule has 0 saturated heterocycles. The van der Waals surface area contributed by atoms with E-state index in [-0.39, 0.29) is 11.5 Å². The molecular weight excluding hydrogens is 352 g/mol. The first-order valence-corrected chi connectivity index (χ1v) is 10.2. The zero-order valence-corrected chi connectivity index (χ0v) is 17.3. The second kappa shape index (κ2) is 9.34. The number of amides is 1. The fraction of sp³-hybridized carbons (Fsp3) is 0.545. The Morgan fingerprint density at radius 2 is 1.79 bits per heavy atom. The number of hydrogen-bond acceptors (Lipinski definition) is 4. The van der Waals surface area contributed by atoms with Crippen molar-refractivity contribution >= 4 is 16.7 Å². The number of nitrogens with zero attached hydrogens (tertiary/aromatic N) is 3. The van der Waals surface area contributed by atoms with Crippen LogP contribution in [0.2, 0.25) is 0 Å². The molecule has 1 N–H and O–H groups in total. The molecule has 0 fully saturated rings. The Hall–Kier alpha value is -2.18. The molecule has 0 bridgehead atoms. The number of aromatic amines is 1. The van der Waals surface area contributed by atoms with Gasteiger partial charge in [0.15, 0.2) is 0 Å². The van der Waals surface area contributed by atoms with E-state index in [0.717, 1.165) is 49.1 Å². The van der Waals surface area contributed by atoms with Gasteiger partial charge in [0.1, 0.15) is 0 Å². The first kappa shape index (κ1) is 20.6. The third-order valence-corrected chi connectivity index (χ3v) is 5.53. The topological polar surface area (TPSA) is 59.6 Å². The summed E-state index contributed by atoms with van der Waals surface area (Å²) in [6.45, 7) is 4.36. The van der Waals surface area contributed by atoms with Gasteiger partial charge in [-0.1, -0.05) is 18.2 Å². The molecule has 152 valence electrons. The lowest BCUT2D eigenvalue weighted by Crippen LogP contribution is -2.37. The van der Waals surface area contributed by atoms with E-state index in [1.807, 2.05) is 29.2 Å². The van der Waals surface area contributed by atoms with Gasteiger partial charge in [0.25, 0.3) is 5.56 Å². The number of fused-ring (bicyclic) bond motifs is 3. The molecule has 1 amide bonds. The Kier molecular flexibility index (Phi) is 6.86. The highest BCUT2D eigenvalue weighted by Crippen LogP contribution is 2.24. The van der Waals surface area contributed by atoms with E-state index in [9.17, 15) is 9.59 Å². The number of benzene rings is 1. The summed E-state index contributed by atoms with van der Waals surface area (Å²) in [6.07, 6.45) is 3.32. The normalized spacial score (nSPS) is 14.1. The number of hydrogen-bond donors (Lipinski definition) is 1. The molecule has 28 heavy (non-hydrogen) atoms. The number of nitrogens with one attached hydrogen (secondary N) is 1. The lowest BCUT2D eigenvalue weighted by molar-refractivity contribution is -0.132. The number of rotatable bonds is 8. The maximum absolute atomic E-state index is 12.7. The van der Waals surface area contributed by atoms with Gasteiger partial charge in [-0.25, -0.2) is 0 Å². The lowest BCUT2D eigenvalue weighted by atomic mass is 9.98. The van der Waals surface area contributed by atoms with Crippen LogP contribution < -0.4 is 5.56 Å². The fourth-order valence-corrected chi connectivity index (χ4v) is 3.94. The van der Waals surface area contributed by atoms with E-state index in [1.54, 1.807) is 0 Å². The molecule has 3 rings (SSSR count). The van der Waals surface area contributed by atoms with Crippen molar-refractivity contribution < 1.29 is 4.79 Å². The standard InChI is InChI=1S/C22H32N4O2/c1-24(2)12-7-14-25(3)13-6-10-21(27)26-15-11-20-19(16-26)17-8-4-5-9-18(17)22(28)23-20/h4-5,8-9H,6-7,10-16H2,1-3H3,(H,23,28). The minimum atomic E-state index is -0.0357. The van der Waals surface area contributed by atoms with Crippen LogP contribution in [0.5, 0.6) is 0 Å². The van der Waals surface area contributed by atoms with Gasteiger partial charge in [-0.2, -0.15) is 0 Å². The summed E-state index contributed by atoms with van der Waals surface area (Å²) >= 11 is 0. The van der Waals surface area contributed by atoms with Gasteiger partial charge in [-0.3, -0.25) is 9.59 Å². The summed E-state index contributed by atoms with van der Waals surface area (Å²) in [5.41, 5.74) is 2.04. The lowest BCUT2D eigenvalue weighted by Gasteiger charge is -2.30. The Balaban J connectivity index is 1.55. The molecule has 0 saturated carbocycles. The zero-order chi connectivity index (χ0) is 20.1. The number of aromatic nitrogens is 1. The first-order valence-electron chi connectivity index (χ1n) is 10.2. The van der Waals surface area contributed by atoms with Crippen LogP contribution in [-0.2, 0) is 17.8 Å². The molecule has 0 atom stereocenters. The first-order chi connectivity index (χ1) is 13.5. The molecule has 6 heteroatoms. The van der Waals surface area contributed by atoms with Gasteiger partial charge in [0.2, 0.25) is 5.91 Å². The smallest absolute Gasteiger partial charge is 0.256 e. The van der Waals surface area contributed by atoms with E-state index in [0.29, 0.717) is 31.3 Å². The van der Waals surface area contributed by atoms with Gasteiger partial charge >= 0.3 is 0 Å². The number of carbonyl (C=O) groups is 1. The summed E-state index contributed by atoms with van der Waals surface area (Å²) in [7, 11) is 6.31.